The number of anilines is 1. The van der Waals surface area contributed by atoms with Crippen molar-refractivity contribution in [2.45, 2.75) is 12.5 Å². The average molecular weight is 313 g/mol. The highest BCUT2D eigenvalue weighted by atomic mass is 32.2. The lowest BCUT2D eigenvalue weighted by Gasteiger charge is -2.11. The van der Waals surface area contributed by atoms with Gasteiger partial charge in [0.1, 0.15) is 0 Å². The van der Waals surface area contributed by atoms with Crippen molar-refractivity contribution in [2.24, 2.45) is 0 Å². The number of pyridine rings is 1. The first-order valence-corrected chi connectivity index (χ1v) is 8.51. The molecule has 0 bridgehead atoms. The number of methoxy groups -OCH3 is 1. The van der Waals surface area contributed by atoms with Crippen LogP contribution in [0, 0.1) is 0 Å². The minimum absolute atomic E-state index is 0.0119. The lowest BCUT2D eigenvalue weighted by atomic mass is 10.2. The summed E-state index contributed by atoms with van der Waals surface area (Å²) in [5.74, 6) is -0.160. The Balaban J connectivity index is 1.94. The molecular formula is C13H19N3O4S. The largest absolute Gasteiger partial charge is 0.383 e. The molecule has 0 aromatic carbocycles. The Labute approximate surface area is 124 Å². The summed E-state index contributed by atoms with van der Waals surface area (Å²) in [5.41, 5.74) is 1.13. The number of hydrogen-bond acceptors (Lipinski definition) is 6. The first-order valence-electron chi connectivity index (χ1n) is 6.69. The molecule has 7 nitrogen and oxygen atoms in total. The number of nitrogens with zero attached hydrogens (tertiary/aromatic N) is 1. The summed E-state index contributed by atoms with van der Waals surface area (Å²) in [6, 6.07) is 1.37. The highest BCUT2D eigenvalue weighted by Gasteiger charge is 2.29. The van der Waals surface area contributed by atoms with Crippen molar-refractivity contribution in [2.75, 3.05) is 37.1 Å². The van der Waals surface area contributed by atoms with E-state index in [-0.39, 0.29) is 23.5 Å². The third-order valence-corrected chi connectivity index (χ3v) is 4.97. The second-order valence-corrected chi connectivity index (χ2v) is 7.18. The van der Waals surface area contributed by atoms with Crippen molar-refractivity contribution in [3.8, 4) is 0 Å². The summed E-state index contributed by atoms with van der Waals surface area (Å²) in [4.78, 5) is 16.1. The van der Waals surface area contributed by atoms with E-state index in [1.54, 1.807) is 19.4 Å². The van der Waals surface area contributed by atoms with Crippen LogP contribution in [-0.4, -0.2) is 57.1 Å². The maximum absolute atomic E-state index is 12.1. The van der Waals surface area contributed by atoms with Crippen LogP contribution in [0.4, 0.5) is 5.69 Å². The smallest absolute Gasteiger partial charge is 0.253 e. The van der Waals surface area contributed by atoms with E-state index in [0.29, 0.717) is 25.1 Å². The third-order valence-electron chi connectivity index (χ3n) is 3.20. The van der Waals surface area contributed by atoms with Gasteiger partial charge in [-0.3, -0.25) is 9.78 Å². The van der Waals surface area contributed by atoms with Crippen molar-refractivity contribution in [3.63, 3.8) is 0 Å². The van der Waals surface area contributed by atoms with Crippen molar-refractivity contribution < 1.29 is 17.9 Å². The minimum Gasteiger partial charge on any atom is -0.383 e. The van der Waals surface area contributed by atoms with Crippen molar-refractivity contribution in [3.05, 3.63) is 24.0 Å². The molecule has 21 heavy (non-hydrogen) atoms. The van der Waals surface area contributed by atoms with Gasteiger partial charge in [-0.05, 0) is 12.5 Å². The molecule has 2 N–H and O–H groups in total. The highest BCUT2D eigenvalue weighted by molar-refractivity contribution is 7.91. The van der Waals surface area contributed by atoms with E-state index in [1.807, 2.05) is 0 Å². The van der Waals surface area contributed by atoms with Crippen molar-refractivity contribution >= 4 is 21.4 Å². The summed E-state index contributed by atoms with van der Waals surface area (Å²) < 4.78 is 27.7. The second kappa shape index (κ2) is 6.86. The molecule has 2 heterocycles. The molecule has 2 rings (SSSR count). The average Bonchev–Trinajstić information content (AvgIpc) is 2.78. The number of sulfone groups is 1. The zero-order valence-electron chi connectivity index (χ0n) is 11.8. The monoisotopic (exact) mass is 313 g/mol. The normalized spacial score (nSPS) is 20.1. The molecule has 1 saturated heterocycles. The Hall–Kier alpha value is -1.67. The van der Waals surface area contributed by atoms with Gasteiger partial charge in [-0.25, -0.2) is 8.42 Å². The van der Waals surface area contributed by atoms with Gasteiger partial charge in [0.15, 0.2) is 9.84 Å². The zero-order valence-corrected chi connectivity index (χ0v) is 12.6. The maximum Gasteiger partial charge on any atom is 0.253 e. The van der Waals surface area contributed by atoms with Crippen LogP contribution >= 0.6 is 0 Å². The fraction of sp³-hybridized carbons (Fsp3) is 0.538. The van der Waals surface area contributed by atoms with Crippen LogP contribution in [0.5, 0.6) is 0 Å². The van der Waals surface area contributed by atoms with Gasteiger partial charge in [-0.2, -0.15) is 0 Å². The Morgan fingerprint density at radius 1 is 1.48 bits per heavy atom. The molecule has 0 saturated carbocycles. The highest BCUT2D eigenvalue weighted by Crippen LogP contribution is 2.13. The minimum atomic E-state index is -3.00. The molecule has 1 aliphatic heterocycles. The van der Waals surface area contributed by atoms with Gasteiger partial charge >= 0.3 is 0 Å². The molecule has 0 spiro atoms. The molecule has 1 aliphatic rings. The molecule has 116 valence electrons. The zero-order chi connectivity index (χ0) is 15.3. The standard InChI is InChI=1S/C13H19N3O4S/c1-20-4-3-15-12-6-10(7-14-8-12)13(17)16-11-2-5-21(18,19)9-11/h6-8,11,15H,2-5,9H2,1H3,(H,16,17). The van der Waals surface area contributed by atoms with Crippen LogP contribution in [0.2, 0.25) is 0 Å². The summed E-state index contributed by atoms with van der Waals surface area (Å²) in [5, 5.41) is 5.82. The first-order chi connectivity index (χ1) is 10.00. The van der Waals surface area contributed by atoms with E-state index in [2.05, 4.69) is 15.6 Å². The predicted molar refractivity (Wildman–Crippen MR) is 79.1 cm³/mol. The number of hydrogen-bond donors (Lipinski definition) is 2. The van der Waals surface area contributed by atoms with Crippen LogP contribution in [0.25, 0.3) is 0 Å². The Morgan fingerprint density at radius 3 is 2.95 bits per heavy atom. The number of amides is 1. The first kappa shape index (κ1) is 15.7. The molecule has 1 unspecified atom stereocenters. The summed E-state index contributed by atoms with van der Waals surface area (Å²) >= 11 is 0. The lowest BCUT2D eigenvalue weighted by molar-refractivity contribution is 0.0941. The molecule has 1 aromatic heterocycles. The van der Waals surface area contributed by atoms with Crippen LogP contribution in [-0.2, 0) is 14.6 Å². The number of nitrogens with one attached hydrogen (secondary N) is 2. The summed E-state index contributed by atoms with van der Waals surface area (Å²) in [7, 11) is -1.39. The fourth-order valence-corrected chi connectivity index (χ4v) is 3.81. The van der Waals surface area contributed by atoms with Gasteiger partial charge in [-0.15, -0.1) is 0 Å². The van der Waals surface area contributed by atoms with Gasteiger partial charge in [0.05, 0.1) is 29.4 Å². The number of aromatic nitrogens is 1. The second-order valence-electron chi connectivity index (χ2n) is 4.96. The van der Waals surface area contributed by atoms with Gasteiger partial charge in [0.25, 0.3) is 5.91 Å². The van der Waals surface area contributed by atoms with Crippen LogP contribution in [0.3, 0.4) is 0 Å². The summed E-state index contributed by atoms with van der Waals surface area (Å²) in [6.45, 7) is 1.17. The number of ether oxygens (including phenoxy) is 1. The van der Waals surface area contributed by atoms with Crippen molar-refractivity contribution in [1.82, 2.24) is 10.3 Å². The van der Waals surface area contributed by atoms with E-state index in [4.69, 9.17) is 4.74 Å². The van der Waals surface area contributed by atoms with Gasteiger partial charge in [0, 0.05) is 32.1 Å². The predicted octanol–water partition coefficient (Wildman–Crippen LogP) is 0.0568. The van der Waals surface area contributed by atoms with Crippen LogP contribution < -0.4 is 10.6 Å². The molecule has 0 aliphatic carbocycles. The SMILES string of the molecule is COCCNc1cncc(C(=O)NC2CCS(=O)(=O)C2)c1. The lowest BCUT2D eigenvalue weighted by Crippen LogP contribution is -2.35. The molecule has 1 atom stereocenters. The van der Waals surface area contributed by atoms with Crippen LogP contribution in [0.15, 0.2) is 18.5 Å². The van der Waals surface area contributed by atoms with E-state index < -0.39 is 9.84 Å². The quantitative estimate of drug-likeness (QED) is 0.721. The Kier molecular flexibility index (Phi) is 5.13. The van der Waals surface area contributed by atoms with Crippen LogP contribution in [0.1, 0.15) is 16.8 Å². The van der Waals surface area contributed by atoms with Gasteiger partial charge in [-0.1, -0.05) is 0 Å². The Morgan fingerprint density at radius 2 is 2.29 bits per heavy atom. The summed E-state index contributed by atoms with van der Waals surface area (Å²) in [6.07, 6.45) is 3.54. The number of carbonyl (C=O) groups excluding carboxylic acids is 1. The molecule has 1 fully saturated rings. The van der Waals surface area contributed by atoms with E-state index in [1.165, 1.54) is 6.20 Å². The fourth-order valence-electron chi connectivity index (χ4n) is 2.14. The Bertz CT molecular complexity index is 603. The third kappa shape index (κ3) is 4.68. The molecule has 1 aromatic rings. The molecular weight excluding hydrogens is 294 g/mol. The van der Waals surface area contributed by atoms with E-state index >= 15 is 0 Å². The molecule has 1 amide bonds. The van der Waals surface area contributed by atoms with Gasteiger partial charge in [0.2, 0.25) is 0 Å². The van der Waals surface area contributed by atoms with Crippen molar-refractivity contribution in [1.29, 1.82) is 0 Å². The van der Waals surface area contributed by atoms with E-state index in [9.17, 15) is 13.2 Å². The molecule has 8 heteroatoms. The molecule has 0 radical (unpaired) electrons. The topological polar surface area (TPSA) is 97.4 Å². The van der Waals surface area contributed by atoms with Gasteiger partial charge < -0.3 is 15.4 Å². The maximum atomic E-state index is 12.1. The van der Waals surface area contributed by atoms with E-state index in [0.717, 1.165) is 5.69 Å². The number of carbonyl (C=O) groups is 1. The number of rotatable bonds is 6.